The van der Waals surface area contributed by atoms with Crippen molar-refractivity contribution in [3.05, 3.63) is 90.0 Å². The van der Waals surface area contributed by atoms with Crippen molar-refractivity contribution in [1.29, 1.82) is 0 Å². The summed E-state index contributed by atoms with van der Waals surface area (Å²) in [4.78, 5) is 42.2. The number of amides is 3. The normalized spacial score (nSPS) is 15.7. The second-order valence-electron chi connectivity index (χ2n) is 8.29. The SMILES string of the molecule is COc1cccc(C(=O)N(CCc2ccccc2)C2CC(=O)N(c3ccc(S(N)(=O)=O)cc3)C2=O)c1. The number of anilines is 1. The molecule has 9 nitrogen and oxygen atoms in total. The van der Waals surface area contributed by atoms with E-state index in [-0.39, 0.29) is 23.5 Å². The van der Waals surface area contributed by atoms with Crippen LogP contribution in [0.3, 0.4) is 0 Å². The average molecular weight is 508 g/mol. The second kappa shape index (κ2) is 10.3. The zero-order valence-electron chi connectivity index (χ0n) is 19.5. The smallest absolute Gasteiger partial charge is 0.257 e. The van der Waals surface area contributed by atoms with E-state index in [0.717, 1.165) is 10.5 Å². The van der Waals surface area contributed by atoms with Crippen LogP contribution in [0, 0.1) is 0 Å². The molecule has 0 saturated carbocycles. The highest BCUT2D eigenvalue weighted by molar-refractivity contribution is 7.89. The number of methoxy groups -OCH3 is 1. The van der Waals surface area contributed by atoms with E-state index in [1.165, 1.54) is 36.3 Å². The average Bonchev–Trinajstić information content (AvgIpc) is 3.17. The van der Waals surface area contributed by atoms with Gasteiger partial charge in [0.1, 0.15) is 11.8 Å². The molecule has 3 aromatic rings. The number of nitrogens with two attached hydrogens (primary N) is 1. The molecular weight excluding hydrogens is 482 g/mol. The lowest BCUT2D eigenvalue weighted by Gasteiger charge is -2.28. The van der Waals surface area contributed by atoms with Gasteiger partial charge in [0.05, 0.1) is 24.1 Å². The summed E-state index contributed by atoms with van der Waals surface area (Å²) in [5, 5.41) is 5.14. The second-order valence-corrected chi connectivity index (χ2v) is 9.85. The third kappa shape index (κ3) is 5.29. The fraction of sp³-hybridized carbons (Fsp3) is 0.192. The molecule has 1 aliphatic rings. The standard InChI is InChI=1S/C26H25N3O6S/c1-35-21-9-5-8-19(16-21)25(31)28(15-14-18-6-3-2-4-7-18)23-17-24(30)29(26(23)32)20-10-12-22(13-11-20)36(27,33)34/h2-13,16,23H,14-15,17H2,1H3,(H2,27,33,34). The molecule has 1 atom stereocenters. The number of rotatable bonds is 8. The topological polar surface area (TPSA) is 127 Å². The number of ether oxygens (including phenoxy) is 1. The molecule has 4 rings (SSSR count). The summed E-state index contributed by atoms with van der Waals surface area (Å²) in [7, 11) is -2.43. The molecule has 10 heteroatoms. The van der Waals surface area contributed by atoms with Crippen LogP contribution in [0.15, 0.2) is 83.8 Å². The summed E-state index contributed by atoms with van der Waals surface area (Å²) in [5.74, 6) is -0.958. The largest absolute Gasteiger partial charge is 0.497 e. The molecule has 1 fully saturated rings. The number of primary sulfonamides is 1. The Morgan fingerprint density at radius 1 is 1.03 bits per heavy atom. The summed E-state index contributed by atoms with van der Waals surface area (Å²) < 4.78 is 28.3. The quantitative estimate of drug-likeness (QED) is 0.467. The number of nitrogens with zero attached hydrogens (tertiary/aromatic N) is 2. The van der Waals surface area contributed by atoms with Crippen LogP contribution in [0.5, 0.6) is 5.75 Å². The first-order chi connectivity index (χ1) is 17.2. The van der Waals surface area contributed by atoms with Gasteiger partial charge in [-0.3, -0.25) is 14.4 Å². The third-order valence-electron chi connectivity index (χ3n) is 5.98. The fourth-order valence-corrected chi connectivity index (χ4v) is 4.65. The van der Waals surface area contributed by atoms with Crippen LogP contribution in [0.4, 0.5) is 5.69 Å². The Balaban J connectivity index is 1.64. The molecule has 2 N–H and O–H groups in total. The molecule has 3 aromatic carbocycles. The molecule has 0 bridgehead atoms. The molecular formula is C26H25N3O6S. The van der Waals surface area contributed by atoms with Gasteiger partial charge in [0.25, 0.3) is 11.8 Å². The van der Waals surface area contributed by atoms with E-state index in [2.05, 4.69) is 0 Å². The summed E-state index contributed by atoms with van der Waals surface area (Å²) in [6, 6.07) is 20.3. The number of hydrogen-bond donors (Lipinski definition) is 1. The predicted molar refractivity (Wildman–Crippen MR) is 133 cm³/mol. The Morgan fingerprint density at radius 2 is 1.72 bits per heavy atom. The highest BCUT2D eigenvalue weighted by Crippen LogP contribution is 2.28. The maximum Gasteiger partial charge on any atom is 0.257 e. The fourth-order valence-electron chi connectivity index (χ4n) is 4.13. The van der Waals surface area contributed by atoms with Crippen molar-refractivity contribution in [3.63, 3.8) is 0 Å². The molecule has 0 spiro atoms. The maximum atomic E-state index is 13.6. The Kier molecular flexibility index (Phi) is 7.18. The number of benzene rings is 3. The van der Waals surface area contributed by atoms with Gasteiger partial charge in [-0.05, 0) is 54.4 Å². The van der Waals surface area contributed by atoms with Crippen LogP contribution in [-0.2, 0) is 26.0 Å². The van der Waals surface area contributed by atoms with Crippen LogP contribution in [0.25, 0.3) is 0 Å². The Morgan fingerprint density at radius 3 is 2.36 bits per heavy atom. The minimum Gasteiger partial charge on any atom is -0.497 e. The van der Waals surface area contributed by atoms with Gasteiger partial charge in [-0.2, -0.15) is 0 Å². The molecule has 186 valence electrons. The van der Waals surface area contributed by atoms with Gasteiger partial charge in [-0.15, -0.1) is 0 Å². The zero-order chi connectivity index (χ0) is 25.9. The molecule has 0 aromatic heterocycles. The van der Waals surface area contributed by atoms with E-state index in [4.69, 9.17) is 9.88 Å². The number of carbonyl (C=O) groups excluding carboxylic acids is 3. The first-order valence-electron chi connectivity index (χ1n) is 11.2. The van der Waals surface area contributed by atoms with Crippen molar-refractivity contribution in [2.75, 3.05) is 18.6 Å². The highest BCUT2D eigenvalue weighted by atomic mass is 32.2. The van der Waals surface area contributed by atoms with E-state index in [9.17, 15) is 22.8 Å². The van der Waals surface area contributed by atoms with Gasteiger partial charge in [-0.1, -0.05) is 36.4 Å². The summed E-state index contributed by atoms with van der Waals surface area (Å²) >= 11 is 0. The zero-order valence-corrected chi connectivity index (χ0v) is 20.4. The Bertz CT molecular complexity index is 1390. The number of imide groups is 1. The first kappa shape index (κ1) is 25.1. The minimum absolute atomic E-state index is 0.139. The first-order valence-corrected chi connectivity index (χ1v) is 12.7. The third-order valence-corrected chi connectivity index (χ3v) is 6.91. The minimum atomic E-state index is -3.93. The number of sulfonamides is 1. The Labute approximate surface area is 209 Å². The van der Waals surface area contributed by atoms with Crippen molar-refractivity contribution in [2.24, 2.45) is 5.14 Å². The van der Waals surface area contributed by atoms with Gasteiger partial charge in [0.2, 0.25) is 15.9 Å². The van der Waals surface area contributed by atoms with Gasteiger partial charge in [0.15, 0.2) is 0 Å². The lowest BCUT2D eigenvalue weighted by atomic mass is 10.1. The highest BCUT2D eigenvalue weighted by Gasteiger charge is 2.44. The molecule has 1 unspecified atom stereocenters. The van der Waals surface area contributed by atoms with Crippen molar-refractivity contribution in [2.45, 2.75) is 23.8 Å². The molecule has 1 aliphatic heterocycles. The van der Waals surface area contributed by atoms with E-state index in [1.807, 2.05) is 30.3 Å². The molecule has 0 aliphatic carbocycles. The molecule has 0 radical (unpaired) electrons. The van der Waals surface area contributed by atoms with E-state index in [1.54, 1.807) is 24.3 Å². The Hall–Kier alpha value is -4.02. The van der Waals surface area contributed by atoms with Crippen molar-refractivity contribution in [1.82, 2.24) is 4.90 Å². The van der Waals surface area contributed by atoms with Crippen LogP contribution in [0.1, 0.15) is 22.3 Å². The summed E-state index contributed by atoms with van der Waals surface area (Å²) in [5.41, 5.74) is 1.52. The van der Waals surface area contributed by atoms with Crippen molar-refractivity contribution in [3.8, 4) is 5.75 Å². The van der Waals surface area contributed by atoms with Crippen LogP contribution in [-0.4, -0.2) is 50.7 Å². The van der Waals surface area contributed by atoms with E-state index >= 15 is 0 Å². The monoisotopic (exact) mass is 507 g/mol. The maximum absolute atomic E-state index is 13.6. The van der Waals surface area contributed by atoms with Gasteiger partial charge < -0.3 is 9.64 Å². The van der Waals surface area contributed by atoms with E-state index in [0.29, 0.717) is 17.7 Å². The van der Waals surface area contributed by atoms with Gasteiger partial charge >= 0.3 is 0 Å². The summed E-state index contributed by atoms with van der Waals surface area (Å²) in [6.45, 7) is 0.210. The van der Waals surface area contributed by atoms with Crippen molar-refractivity contribution >= 4 is 33.4 Å². The van der Waals surface area contributed by atoms with Crippen molar-refractivity contribution < 1.29 is 27.5 Å². The lowest BCUT2D eigenvalue weighted by molar-refractivity contribution is -0.122. The van der Waals surface area contributed by atoms with E-state index < -0.39 is 33.8 Å². The van der Waals surface area contributed by atoms with Crippen LogP contribution < -0.4 is 14.8 Å². The summed E-state index contributed by atoms with van der Waals surface area (Å²) in [6.07, 6.45) is 0.290. The molecule has 1 heterocycles. The number of carbonyl (C=O) groups is 3. The molecule has 3 amide bonds. The number of hydrogen-bond acceptors (Lipinski definition) is 6. The molecule has 36 heavy (non-hydrogen) atoms. The van der Waals surface area contributed by atoms with Gasteiger partial charge in [-0.25, -0.2) is 18.5 Å². The predicted octanol–water partition coefficient (Wildman–Crippen LogP) is 2.36. The van der Waals surface area contributed by atoms with Gasteiger partial charge in [0, 0.05) is 12.1 Å². The van der Waals surface area contributed by atoms with Crippen LogP contribution >= 0.6 is 0 Å². The molecule has 1 saturated heterocycles. The van der Waals surface area contributed by atoms with Crippen LogP contribution in [0.2, 0.25) is 0 Å². The lowest BCUT2D eigenvalue weighted by Crippen LogP contribution is -2.46.